The molecule has 0 bridgehead atoms. The maximum Gasteiger partial charge on any atom is 0.309 e. The summed E-state index contributed by atoms with van der Waals surface area (Å²) in [6, 6.07) is 0. The average Bonchev–Trinajstić information content (AvgIpc) is 2.65. The van der Waals surface area contributed by atoms with E-state index in [-0.39, 0.29) is 6.42 Å². The molecule has 3 nitrogen and oxygen atoms in total. The lowest BCUT2D eigenvalue weighted by molar-refractivity contribution is -0.136. The van der Waals surface area contributed by atoms with Crippen LogP contribution in [-0.2, 0) is 11.2 Å². The summed E-state index contributed by atoms with van der Waals surface area (Å²) in [7, 11) is 0. The molecule has 1 N–H and O–H groups in total. The van der Waals surface area contributed by atoms with E-state index < -0.39 is 5.97 Å². The van der Waals surface area contributed by atoms with E-state index in [1.807, 2.05) is 29.8 Å². The van der Waals surface area contributed by atoms with E-state index in [2.05, 4.69) is 0 Å². The maximum absolute atomic E-state index is 10.7. The number of hydrogen-bond acceptors (Lipinski definition) is 2. The number of carbonyl (C=O) groups is 1. The Balaban J connectivity index is 2.66. The van der Waals surface area contributed by atoms with Gasteiger partial charge in [0.25, 0.3) is 0 Å². The van der Waals surface area contributed by atoms with Crippen molar-refractivity contribution >= 4 is 22.1 Å². The minimum absolute atomic E-state index is 0.0948. The average molecular weight is 209 g/mol. The van der Waals surface area contributed by atoms with Crippen LogP contribution >= 0.6 is 11.3 Å². The molecule has 14 heavy (non-hydrogen) atoms. The fourth-order valence-corrected chi connectivity index (χ4v) is 2.61. The summed E-state index contributed by atoms with van der Waals surface area (Å²) < 4.78 is 1.98. The first-order valence-corrected chi connectivity index (χ1v) is 5.24. The highest BCUT2D eigenvalue weighted by atomic mass is 32.1. The van der Waals surface area contributed by atoms with Crippen molar-refractivity contribution in [3.63, 3.8) is 0 Å². The smallest absolute Gasteiger partial charge is 0.309 e. The van der Waals surface area contributed by atoms with Gasteiger partial charge >= 0.3 is 5.97 Å². The minimum Gasteiger partial charge on any atom is -0.481 e. The predicted octanol–water partition coefficient (Wildman–Crippen LogP) is 2.24. The third kappa shape index (κ3) is 1.23. The number of thiazole rings is 1. The zero-order valence-electron chi connectivity index (χ0n) is 8.07. The van der Waals surface area contributed by atoms with Crippen LogP contribution in [0.15, 0.2) is 11.6 Å². The van der Waals surface area contributed by atoms with Crippen LogP contribution in [0.5, 0.6) is 0 Å². The number of nitrogens with zero attached hydrogens (tertiary/aromatic N) is 1. The van der Waals surface area contributed by atoms with Gasteiger partial charge < -0.3 is 9.51 Å². The van der Waals surface area contributed by atoms with Crippen LogP contribution in [0.4, 0.5) is 0 Å². The van der Waals surface area contributed by atoms with Crippen molar-refractivity contribution in [1.29, 1.82) is 0 Å². The van der Waals surface area contributed by atoms with E-state index in [0.29, 0.717) is 0 Å². The van der Waals surface area contributed by atoms with E-state index in [1.165, 1.54) is 5.56 Å². The molecule has 0 aliphatic heterocycles. The van der Waals surface area contributed by atoms with Crippen molar-refractivity contribution < 1.29 is 9.90 Å². The summed E-state index contributed by atoms with van der Waals surface area (Å²) in [4.78, 5) is 11.8. The Labute approximate surface area is 85.6 Å². The molecule has 2 aromatic heterocycles. The molecular weight excluding hydrogens is 198 g/mol. The minimum atomic E-state index is -0.779. The number of aromatic nitrogens is 1. The molecule has 0 fully saturated rings. The summed E-state index contributed by atoms with van der Waals surface area (Å²) in [6.07, 6.45) is 2.02. The molecule has 0 saturated carbocycles. The van der Waals surface area contributed by atoms with Gasteiger partial charge in [0.1, 0.15) is 4.83 Å². The molecule has 0 aromatic carbocycles. The molecular formula is C10H11NO2S. The van der Waals surface area contributed by atoms with Gasteiger partial charge in [0.2, 0.25) is 0 Å². The monoisotopic (exact) mass is 209 g/mol. The highest BCUT2D eigenvalue weighted by Gasteiger charge is 2.14. The van der Waals surface area contributed by atoms with E-state index in [4.69, 9.17) is 5.11 Å². The fraction of sp³-hybridized carbons (Fsp3) is 0.300. The van der Waals surface area contributed by atoms with Crippen molar-refractivity contribution in [3.8, 4) is 0 Å². The van der Waals surface area contributed by atoms with E-state index in [1.54, 1.807) is 11.3 Å². The number of fused-ring (bicyclic) bond motifs is 1. The molecule has 2 heterocycles. The van der Waals surface area contributed by atoms with Gasteiger partial charge in [-0.3, -0.25) is 4.79 Å². The number of carboxylic acid groups (broad SMARTS) is 1. The van der Waals surface area contributed by atoms with Gasteiger partial charge in [0.15, 0.2) is 0 Å². The van der Waals surface area contributed by atoms with Crippen LogP contribution in [0.3, 0.4) is 0 Å². The van der Waals surface area contributed by atoms with Crippen molar-refractivity contribution in [2.24, 2.45) is 0 Å². The first-order chi connectivity index (χ1) is 6.61. The quantitative estimate of drug-likeness (QED) is 0.824. The third-order valence-electron chi connectivity index (χ3n) is 2.53. The topological polar surface area (TPSA) is 41.7 Å². The Morgan fingerprint density at radius 1 is 1.50 bits per heavy atom. The van der Waals surface area contributed by atoms with Crippen molar-refractivity contribution in [2.75, 3.05) is 0 Å². The highest BCUT2D eigenvalue weighted by molar-refractivity contribution is 7.15. The van der Waals surface area contributed by atoms with E-state index in [0.717, 1.165) is 16.1 Å². The molecule has 4 heteroatoms. The normalized spacial score (nSPS) is 11.0. The summed E-state index contributed by atoms with van der Waals surface area (Å²) in [5.74, 6) is -0.779. The Morgan fingerprint density at radius 3 is 2.86 bits per heavy atom. The second-order valence-electron chi connectivity index (χ2n) is 3.35. The van der Waals surface area contributed by atoms with Gasteiger partial charge in [-0.15, -0.1) is 11.3 Å². The molecule has 0 atom stereocenters. The maximum atomic E-state index is 10.7. The SMILES string of the molecule is Cc1c(C)c2sccn2c1CC(=O)O. The predicted molar refractivity (Wildman–Crippen MR) is 56.1 cm³/mol. The molecule has 2 aromatic rings. The van der Waals surface area contributed by atoms with Crippen LogP contribution in [0, 0.1) is 13.8 Å². The third-order valence-corrected chi connectivity index (χ3v) is 3.52. The first-order valence-electron chi connectivity index (χ1n) is 4.36. The second-order valence-corrected chi connectivity index (χ2v) is 4.24. The van der Waals surface area contributed by atoms with Gasteiger partial charge in [-0.2, -0.15) is 0 Å². The second kappa shape index (κ2) is 3.13. The largest absolute Gasteiger partial charge is 0.481 e. The standard InChI is InChI=1S/C10H11NO2S/c1-6-7(2)10-11(3-4-14-10)8(6)5-9(12)13/h3-4H,5H2,1-2H3,(H,12,13). The van der Waals surface area contributed by atoms with E-state index >= 15 is 0 Å². The summed E-state index contributed by atoms with van der Waals surface area (Å²) in [6.45, 7) is 4.01. The Kier molecular flexibility index (Phi) is 2.07. The zero-order chi connectivity index (χ0) is 10.3. The lowest BCUT2D eigenvalue weighted by atomic mass is 10.1. The van der Waals surface area contributed by atoms with Crippen molar-refractivity contribution in [2.45, 2.75) is 20.3 Å². The molecule has 0 amide bonds. The Bertz CT molecular complexity index is 495. The molecule has 0 saturated heterocycles. The molecule has 0 aliphatic rings. The van der Waals surface area contributed by atoms with Gasteiger partial charge in [0.05, 0.1) is 6.42 Å². The molecule has 2 rings (SSSR count). The molecule has 74 valence electrons. The number of hydrogen-bond donors (Lipinski definition) is 1. The van der Waals surface area contributed by atoms with Gasteiger partial charge in [-0.05, 0) is 25.0 Å². The lowest BCUT2D eigenvalue weighted by Crippen LogP contribution is -2.03. The Morgan fingerprint density at radius 2 is 2.21 bits per heavy atom. The fourth-order valence-electron chi connectivity index (χ4n) is 1.68. The van der Waals surface area contributed by atoms with Crippen LogP contribution in [0.1, 0.15) is 16.8 Å². The van der Waals surface area contributed by atoms with Gasteiger partial charge in [-0.25, -0.2) is 0 Å². The summed E-state index contributed by atoms with van der Waals surface area (Å²) in [5.41, 5.74) is 3.18. The number of rotatable bonds is 2. The number of aliphatic carboxylic acids is 1. The first kappa shape index (κ1) is 9.27. The Hall–Kier alpha value is -1.29. The van der Waals surface area contributed by atoms with Crippen LogP contribution in [0.25, 0.3) is 4.83 Å². The summed E-state index contributed by atoms with van der Waals surface area (Å²) >= 11 is 1.65. The summed E-state index contributed by atoms with van der Waals surface area (Å²) in [5, 5.41) is 10.8. The van der Waals surface area contributed by atoms with Crippen LogP contribution in [0.2, 0.25) is 0 Å². The lowest BCUT2D eigenvalue weighted by Gasteiger charge is -1.97. The van der Waals surface area contributed by atoms with Crippen LogP contribution < -0.4 is 0 Å². The van der Waals surface area contributed by atoms with Gasteiger partial charge in [0, 0.05) is 17.3 Å². The molecule has 0 spiro atoms. The van der Waals surface area contributed by atoms with Gasteiger partial charge in [-0.1, -0.05) is 0 Å². The molecule has 0 unspecified atom stereocenters. The van der Waals surface area contributed by atoms with Crippen LogP contribution in [-0.4, -0.2) is 15.5 Å². The number of carboxylic acids is 1. The molecule has 0 aliphatic carbocycles. The molecule has 0 radical (unpaired) electrons. The van der Waals surface area contributed by atoms with Crippen molar-refractivity contribution in [1.82, 2.24) is 4.40 Å². The van der Waals surface area contributed by atoms with E-state index in [9.17, 15) is 4.79 Å². The zero-order valence-corrected chi connectivity index (χ0v) is 8.89. The number of aryl methyl sites for hydroxylation is 1. The highest BCUT2D eigenvalue weighted by Crippen LogP contribution is 2.26. The van der Waals surface area contributed by atoms with Crippen molar-refractivity contribution in [3.05, 3.63) is 28.4 Å².